The van der Waals surface area contributed by atoms with Gasteiger partial charge < -0.3 is 15.7 Å². The van der Waals surface area contributed by atoms with Gasteiger partial charge in [-0.05, 0) is 30.5 Å². The second-order valence-electron chi connectivity index (χ2n) is 5.18. The normalized spacial score (nSPS) is 11.6. The Morgan fingerprint density at radius 2 is 1.78 bits per heavy atom. The second kappa shape index (κ2) is 9.99. The lowest BCUT2D eigenvalue weighted by atomic mass is 10.1. The van der Waals surface area contributed by atoms with Crippen LogP contribution in [0.15, 0.2) is 28.7 Å². The van der Waals surface area contributed by atoms with E-state index in [0.29, 0.717) is 18.5 Å². The predicted molar refractivity (Wildman–Crippen MR) is 89.8 cm³/mol. The van der Waals surface area contributed by atoms with E-state index in [0.717, 1.165) is 17.3 Å². The number of nitrogens with one attached hydrogen (secondary N) is 2. The number of hydrogen-bond acceptors (Lipinski definition) is 3. The quantitative estimate of drug-likeness (QED) is 0.569. The van der Waals surface area contributed by atoms with Crippen LogP contribution in [0.3, 0.4) is 0 Å². The van der Waals surface area contributed by atoms with E-state index in [4.69, 9.17) is 0 Å². The third-order valence-electron chi connectivity index (χ3n) is 3.21. The van der Waals surface area contributed by atoms with Crippen molar-refractivity contribution >= 4 is 33.7 Å². The number of carboxylic acids is 1. The first-order chi connectivity index (χ1) is 10.9. The number of carbonyl (C=O) groups is 3. The Labute approximate surface area is 143 Å². The summed E-state index contributed by atoms with van der Waals surface area (Å²) in [7, 11) is 0. The molecular weight excluding hydrogens is 364 g/mol. The molecule has 126 valence electrons. The molecule has 1 aromatic rings. The van der Waals surface area contributed by atoms with Gasteiger partial charge in [-0.1, -0.05) is 34.5 Å². The molecule has 0 radical (unpaired) electrons. The standard InChI is InChI=1S/C16H21BrN2O4/c1-11(20)18-10-4-2-3-5-14(21)19-15(16(22)23)12-6-8-13(17)9-7-12/h6-9,15H,2-5,10H2,1H3,(H,18,20)(H,19,21)(H,22,23). The van der Waals surface area contributed by atoms with Crippen LogP contribution in [-0.2, 0) is 14.4 Å². The molecule has 7 heteroatoms. The molecule has 23 heavy (non-hydrogen) atoms. The number of carboxylic acid groups (broad SMARTS) is 1. The van der Waals surface area contributed by atoms with Crippen LogP contribution < -0.4 is 10.6 Å². The molecule has 0 saturated heterocycles. The lowest BCUT2D eigenvalue weighted by Crippen LogP contribution is -2.33. The molecule has 1 rings (SSSR count). The number of rotatable bonds is 9. The van der Waals surface area contributed by atoms with Gasteiger partial charge >= 0.3 is 5.97 Å². The van der Waals surface area contributed by atoms with Gasteiger partial charge in [0.1, 0.15) is 0 Å². The van der Waals surface area contributed by atoms with E-state index in [1.807, 2.05) is 0 Å². The Bertz CT molecular complexity index is 546. The monoisotopic (exact) mass is 384 g/mol. The maximum atomic E-state index is 11.9. The van der Waals surface area contributed by atoms with E-state index in [-0.39, 0.29) is 18.2 Å². The zero-order valence-corrected chi connectivity index (χ0v) is 14.6. The zero-order valence-electron chi connectivity index (χ0n) is 13.0. The minimum Gasteiger partial charge on any atom is -0.479 e. The second-order valence-corrected chi connectivity index (χ2v) is 6.10. The van der Waals surface area contributed by atoms with Gasteiger partial charge in [0.25, 0.3) is 0 Å². The van der Waals surface area contributed by atoms with E-state index < -0.39 is 12.0 Å². The van der Waals surface area contributed by atoms with Crippen molar-refractivity contribution in [1.29, 1.82) is 0 Å². The largest absolute Gasteiger partial charge is 0.479 e. The summed E-state index contributed by atoms with van der Waals surface area (Å²) in [5.74, 6) is -1.45. The summed E-state index contributed by atoms with van der Waals surface area (Å²) in [6, 6.07) is 5.75. The first-order valence-electron chi connectivity index (χ1n) is 7.42. The summed E-state index contributed by atoms with van der Waals surface area (Å²) in [4.78, 5) is 33.9. The van der Waals surface area contributed by atoms with Crippen LogP contribution in [0.2, 0.25) is 0 Å². The molecule has 0 heterocycles. The van der Waals surface area contributed by atoms with E-state index >= 15 is 0 Å². The third-order valence-corrected chi connectivity index (χ3v) is 3.74. The number of carbonyl (C=O) groups excluding carboxylic acids is 2. The molecule has 2 amide bonds. The molecule has 1 aromatic carbocycles. The highest BCUT2D eigenvalue weighted by Gasteiger charge is 2.21. The van der Waals surface area contributed by atoms with Gasteiger partial charge in [-0.15, -0.1) is 0 Å². The van der Waals surface area contributed by atoms with Crippen LogP contribution in [-0.4, -0.2) is 29.4 Å². The van der Waals surface area contributed by atoms with Crippen LogP contribution in [0.1, 0.15) is 44.2 Å². The van der Waals surface area contributed by atoms with Crippen LogP contribution in [0, 0.1) is 0 Å². The molecule has 1 atom stereocenters. The molecule has 0 saturated carbocycles. The van der Waals surface area contributed by atoms with Crippen molar-refractivity contribution in [2.75, 3.05) is 6.54 Å². The minimum absolute atomic E-state index is 0.0680. The molecule has 0 spiro atoms. The van der Waals surface area contributed by atoms with Crippen molar-refractivity contribution in [1.82, 2.24) is 10.6 Å². The summed E-state index contributed by atoms with van der Waals surface area (Å²) in [5, 5.41) is 14.5. The Hall–Kier alpha value is -1.89. The topological polar surface area (TPSA) is 95.5 Å². The minimum atomic E-state index is -1.09. The van der Waals surface area contributed by atoms with E-state index in [2.05, 4.69) is 26.6 Å². The van der Waals surface area contributed by atoms with Gasteiger partial charge in [-0.2, -0.15) is 0 Å². The van der Waals surface area contributed by atoms with Gasteiger partial charge in [0, 0.05) is 24.4 Å². The Morgan fingerprint density at radius 1 is 1.13 bits per heavy atom. The highest BCUT2D eigenvalue weighted by Crippen LogP contribution is 2.17. The Morgan fingerprint density at radius 3 is 2.35 bits per heavy atom. The first kappa shape index (κ1) is 19.2. The fourth-order valence-electron chi connectivity index (χ4n) is 2.03. The lowest BCUT2D eigenvalue weighted by molar-refractivity contribution is -0.142. The number of benzene rings is 1. The summed E-state index contributed by atoms with van der Waals surface area (Å²) >= 11 is 3.29. The molecule has 0 bridgehead atoms. The molecule has 0 aromatic heterocycles. The van der Waals surface area contributed by atoms with Crippen molar-refractivity contribution in [2.24, 2.45) is 0 Å². The average molecular weight is 385 g/mol. The molecule has 3 N–H and O–H groups in total. The van der Waals surface area contributed by atoms with Crippen molar-refractivity contribution in [3.8, 4) is 0 Å². The van der Waals surface area contributed by atoms with E-state index in [1.54, 1.807) is 24.3 Å². The van der Waals surface area contributed by atoms with E-state index in [1.165, 1.54) is 6.92 Å². The first-order valence-corrected chi connectivity index (χ1v) is 8.21. The molecule has 0 fully saturated rings. The van der Waals surface area contributed by atoms with Gasteiger partial charge in [0.05, 0.1) is 0 Å². The molecule has 6 nitrogen and oxygen atoms in total. The van der Waals surface area contributed by atoms with Crippen LogP contribution >= 0.6 is 15.9 Å². The Balaban J connectivity index is 2.39. The maximum absolute atomic E-state index is 11.9. The third kappa shape index (κ3) is 7.78. The van der Waals surface area contributed by atoms with Crippen molar-refractivity contribution in [2.45, 2.75) is 38.6 Å². The maximum Gasteiger partial charge on any atom is 0.330 e. The van der Waals surface area contributed by atoms with Crippen LogP contribution in [0.4, 0.5) is 0 Å². The smallest absolute Gasteiger partial charge is 0.330 e. The van der Waals surface area contributed by atoms with Crippen molar-refractivity contribution < 1.29 is 19.5 Å². The molecular formula is C16H21BrN2O4. The fraction of sp³-hybridized carbons (Fsp3) is 0.438. The number of hydrogen-bond donors (Lipinski definition) is 3. The molecule has 1 unspecified atom stereocenters. The van der Waals surface area contributed by atoms with Crippen LogP contribution in [0.5, 0.6) is 0 Å². The number of halogens is 1. The van der Waals surface area contributed by atoms with Crippen LogP contribution in [0.25, 0.3) is 0 Å². The Kier molecular flexibility index (Phi) is 8.32. The number of aliphatic carboxylic acids is 1. The van der Waals surface area contributed by atoms with Crippen molar-refractivity contribution in [3.05, 3.63) is 34.3 Å². The zero-order chi connectivity index (χ0) is 17.2. The SMILES string of the molecule is CC(=O)NCCCCCC(=O)NC(C(=O)O)c1ccc(Br)cc1. The lowest BCUT2D eigenvalue weighted by Gasteiger charge is -2.15. The van der Waals surface area contributed by atoms with Gasteiger partial charge in [-0.3, -0.25) is 9.59 Å². The molecule has 0 aliphatic heterocycles. The highest BCUT2D eigenvalue weighted by molar-refractivity contribution is 9.10. The highest BCUT2D eigenvalue weighted by atomic mass is 79.9. The fourth-order valence-corrected chi connectivity index (χ4v) is 2.29. The number of unbranched alkanes of at least 4 members (excludes halogenated alkanes) is 2. The van der Waals surface area contributed by atoms with Crippen molar-refractivity contribution in [3.63, 3.8) is 0 Å². The predicted octanol–water partition coefficient (Wildman–Crippen LogP) is 2.39. The van der Waals surface area contributed by atoms with Gasteiger partial charge in [-0.25, -0.2) is 4.79 Å². The van der Waals surface area contributed by atoms with Gasteiger partial charge in [0.15, 0.2) is 6.04 Å². The number of amides is 2. The molecule has 0 aliphatic carbocycles. The summed E-state index contributed by atoms with van der Waals surface area (Å²) in [5.41, 5.74) is 0.528. The van der Waals surface area contributed by atoms with E-state index in [9.17, 15) is 19.5 Å². The summed E-state index contributed by atoms with van der Waals surface area (Å²) in [6.45, 7) is 2.05. The summed E-state index contributed by atoms with van der Waals surface area (Å²) in [6.07, 6.45) is 2.50. The average Bonchev–Trinajstić information content (AvgIpc) is 2.49. The van der Waals surface area contributed by atoms with Gasteiger partial charge in [0.2, 0.25) is 11.8 Å². The molecule has 0 aliphatic rings. The summed E-state index contributed by atoms with van der Waals surface area (Å²) < 4.78 is 0.843.